The number of hydrogen-bond acceptors (Lipinski definition) is 3. The van der Waals surface area contributed by atoms with Gasteiger partial charge >= 0.3 is 0 Å². The van der Waals surface area contributed by atoms with Crippen LogP contribution in [-0.4, -0.2) is 28.0 Å². The molecule has 4 heteroatoms. The first-order valence-corrected chi connectivity index (χ1v) is 4.64. The van der Waals surface area contributed by atoms with Gasteiger partial charge in [-0.1, -0.05) is 0 Å². The van der Waals surface area contributed by atoms with Crippen LogP contribution in [0.1, 0.15) is 31.4 Å². The number of methoxy groups -OCH3 is 1. The molecule has 78 valence electrons. The lowest BCUT2D eigenvalue weighted by atomic mass is 10.0. The van der Waals surface area contributed by atoms with Gasteiger partial charge in [-0.25, -0.2) is 4.98 Å². The zero-order valence-corrected chi connectivity index (χ0v) is 9.07. The molecule has 4 nitrogen and oxygen atoms in total. The summed E-state index contributed by atoms with van der Waals surface area (Å²) in [5, 5.41) is 0. The normalized spacial score (nSPS) is 11.7. The Kier molecular flexibility index (Phi) is 3.06. The molecule has 0 aliphatic heterocycles. The van der Waals surface area contributed by atoms with Crippen molar-refractivity contribution in [3.63, 3.8) is 0 Å². The molecule has 1 aromatic heterocycles. The molecule has 0 amide bonds. The fourth-order valence-corrected chi connectivity index (χ4v) is 1.14. The van der Waals surface area contributed by atoms with E-state index in [0.717, 1.165) is 6.54 Å². The third kappa shape index (κ3) is 1.85. The molecule has 0 fully saturated rings. The highest BCUT2D eigenvalue weighted by molar-refractivity contribution is 5.99. The van der Waals surface area contributed by atoms with Crippen LogP contribution in [0, 0.1) is 0 Å². The molecule has 0 unspecified atom stereocenters. The number of ether oxygens (including phenoxy) is 1. The number of imidazole rings is 1. The number of aromatic nitrogens is 2. The Bertz CT molecular complexity index is 329. The van der Waals surface area contributed by atoms with Gasteiger partial charge < -0.3 is 9.30 Å². The van der Waals surface area contributed by atoms with Crippen LogP contribution in [0.4, 0.5) is 0 Å². The average molecular weight is 196 g/mol. The summed E-state index contributed by atoms with van der Waals surface area (Å²) in [6.07, 6.45) is 3.42. The van der Waals surface area contributed by atoms with Crippen LogP contribution in [0.25, 0.3) is 0 Å². The van der Waals surface area contributed by atoms with Gasteiger partial charge in [0.25, 0.3) is 0 Å². The molecule has 0 aliphatic rings. The Morgan fingerprint density at radius 2 is 2.29 bits per heavy atom. The molecule has 1 heterocycles. The van der Waals surface area contributed by atoms with E-state index in [-0.39, 0.29) is 5.78 Å². The highest BCUT2D eigenvalue weighted by Gasteiger charge is 2.31. The van der Waals surface area contributed by atoms with Crippen molar-refractivity contribution in [2.45, 2.75) is 32.9 Å². The van der Waals surface area contributed by atoms with Crippen LogP contribution >= 0.6 is 0 Å². The molecule has 0 saturated carbocycles. The SMILES string of the molecule is CCn1ccnc1C(=O)C(C)(C)OC. The minimum atomic E-state index is -0.807. The van der Waals surface area contributed by atoms with Gasteiger partial charge in [0.05, 0.1) is 0 Å². The van der Waals surface area contributed by atoms with Gasteiger partial charge in [-0.05, 0) is 20.8 Å². The number of carbonyl (C=O) groups is 1. The summed E-state index contributed by atoms with van der Waals surface area (Å²) in [6, 6.07) is 0. The second kappa shape index (κ2) is 3.92. The van der Waals surface area contributed by atoms with Gasteiger partial charge in [0.2, 0.25) is 5.78 Å². The minimum Gasteiger partial charge on any atom is -0.371 e. The predicted molar refractivity (Wildman–Crippen MR) is 53.3 cm³/mol. The largest absolute Gasteiger partial charge is 0.371 e. The molecule has 0 bridgehead atoms. The summed E-state index contributed by atoms with van der Waals surface area (Å²) in [7, 11) is 1.52. The third-order valence-electron chi connectivity index (χ3n) is 2.32. The Morgan fingerprint density at radius 3 is 2.79 bits per heavy atom. The fraction of sp³-hybridized carbons (Fsp3) is 0.600. The van der Waals surface area contributed by atoms with Crippen LogP contribution in [0.2, 0.25) is 0 Å². The van der Waals surface area contributed by atoms with Crippen molar-refractivity contribution in [3.8, 4) is 0 Å². The Balaban J connectivity index is 3.00. The van der Waals surface area contributed by atoms with Gasteiger partial charge in [0.15, 0.2) is 5.82 Å². The van der Waals surface area contributed by atoms with Crippen molar-refractivity contribution in [2.75, 3.05) is 7.11 Å². The quantitative estimate of drug-likeness (QED) is 0.686. The van der Waals surface area contributed by atoms with E-state index in [1.54, 1.807) is 26.2 Å². The van der Waals surface area contributed by atoms with Gasteiger partial charge in [-0.3, -0.25) is 4.79 Å². The van der Waals surface area contributed by atoms with E-state index in [1.165, 1.54) is 7.11 Å². The zero-order valence-electron chi connectivity index (χ0n) is 9.07. The summed E-state index contributed by atoms with van der Waals surface area (Å²) in [6.45, 7) is 6.19. The first-order chi connectivity index (χ1) is 6.53. The molecule has 0 atom stereocenters. The Morgan fingerprint density at radius 1 is 1.64 bits per heavy atom. The van der Waals surface area contributed by atoms with E-state index in [0.29, 0.717) is 5.82 Å². The van der Waals surface area contributed by atoms with Crippen molar-refractivity contribution in [3.05, 3.63) is 18.2 Å². The molecular formula is C10H16N2O2. The minimum absolute atomic E-state index is 0.0909. The molecular weight excluding hydrogens is 180 g/mol. The number of aryl methyl sites for hydroxylation is 1. The maximum Gasteiger partial charge on any atom is 0.229 e. The van der Waals surface area contributed by atoms with Crippen LogP contribution in [0.15, 0.2) is 12.4 Å². The number of ketones is 1. The van der Waals surface area contributed by atoms with Crippen molar-refractivity contribution in [1.82, 2.24) is 9.55 Å². The highest BCUT2D eigenvalue weighted by atomic mass is 16.5. The zero-order chi connectivity index (χ0) is 10.8. The highest BCUT2D eigenvalue weighted by Crippen LogP contribution is 2.14. The number of hydrogen-bond donors (Lipinski definition) is 0. The molecule has 1 aromatic rings. The summed E-state index contributed by atoms with van der Waals surface area (Å²) < 4.78 is 6.93. The lowest BCUT2D eigenvalue weighted by Crippen LogP contribution is -2.35. The Hall–Kier alpha value is -1.16. The van der Waals surface area contributed by atoms with E-state index < -0.39 is 5.60 Å². The van der Waals surface area contributed by atoms with Gasteiger partial charge in [-0.2, -0.15) is 0 Å². The lowest BCUT2D eigenvalue weighted by Gasteiger charge is -2.20. The van der Waals surface area contributed by atoms with Gasteiger partial charge in [0.1, 0.15) is 5.60 Å². The average Bonchev–Trinajstić information content (AvgIpc) is 2.64. The second-order valence-corrected chi connectivity index (χ2v) is 3.58. The van der Waals surface area contributed by atoms with E-state index >= 15 is 0 Å². The number of nitrogens with zero attached hydrogens (tertiary/aromatic N) is 2. The van der Waals surface area contributed by atoms with Crippen molar-refractivity contribution < 1.29 is 9.53 Å². The van der Waals surface area contributed by atoms with Gasteiger partial charge in [-0.15, -0.1) is 0 Å². The van der Waals surface area contributed by atoms with Crippen LogP contribution in [0.5, 0.6) is 0 Å². The van der Waals surface area contributed by atoms with E-state index in [9.17, 15) is 4.79 Å². The van der Waals surface area contributed by atoms with Crippen LogP contribution in [0.3, 0.4) is 0 Å². The van der Waals surface area contributed by atoms with Crippen LogP contribution in [-0.2, 0) is 11.3 Å². The standard InChI is InChI=1S/C10H16N2O2/c1-5-12-7-6-11-9(12)8(13)10(2,3)14-4/h6-7H,5H2,1-4H3. The maximum atomic E-state index is 11.9. The fourth-order valence-electron chi connectivity index (χ4n) is 1.14. The van der Waals surface area contributed by atoms with Gasteiger partial charge in [0, 0.05) is 26.0 Å². The second-order valence-electron chi connectivity index (χ2n) is 3.58. The molecule has 0 aromatic carbocycles. The monoisotopic (exact) mass is 196 g/mol. The van der Waals surface area contributed by atoms with E-state index in [2.05, 4.69) is 4.98 Å². The first kappa shape index (κ1) is 10.9. The summed E-state index contributed by atoms with van der Waals surface area (Å²) in [4.78, 5) is 16.0. The summed E-state index contributed by atoms with van der Waals surface area (Å²) in [5.74, 6) is 0.367. The van der Waals surface area contributed by atoms with E-state index in [4.69, 9.17) is 4.74 Å². The molecule has 14 heavy (non-hydrogen) atoms. The number of rotatable bonds is 4. The Labute approximate surface area is 83.9 Å². The molecule has 0 aliphatic carbocycles. The molecule has 0 spiro atoms. The lowest BCUT2D eigenvalue weighted by molar-refractivity contribution is 0.0215. The number of Topliss-reactive ketones (excluding diaryl/α,β-unsaturated/α-hetero) is 1. The van der Waals surface area contributed by atoms with Crippen molar-refractivity contribution >= 4 is 5.78 Å². The van der Waals surface area contributed by atoms with Crippen LogP contribution < -0.4 is 0 Å². The summed E-state index contributed by atoms with van der Waals surface area (Å²) >= 11 is 0. The van der Waals surface area contributed by atoms with Crippen molar-refractivity contribution in [1.29, 1.82) is 0 Å². The van der Waals surface area contributed by atoms with Crippen molar-refractivity contribution in [2.24, 2.45) is 0 Å². The van der Waals surface area contributed by atoms with E-state index in [1.807, 2.05) is 11.5 Å². The predicted octanol–water partition coefficient (Wildman–Crippen LogP) is 1.51. The maximum absolute atomic E-state index is 11.9. The molecule has 0 saturated heterocycles. The first-order valence-electron chi connectivity index (χ1n) is 4.64. The third-order valence-corrected chi connectivity index (χ3v) is 2.32. The molecule has 0 radical (unpaired) electrons. The molecule has 1 rings (SSSR count). The topological polar surface area (TPSA) is 44.1 Å². The summed E-state index contributed by atoms with van der Waals surface area (Å²) in [5.41, 5.74) is -0.807. The smallest absolute Gasteiger partial charge is 0.229 e. The number of carbonyl (C=O) groups excluding carboxylic acids is 1. The molecule has 0 N–H and O–H groups in total.